The van der Waals surface area contributed by atoms with Gasteiger partial charge < -0.3 is 4.98 Å². The minimum absolute atomic E-state index is 0.0305. The Morgan fingerprint density at radius 1 is 1.42 bits per heavy atom. The van der Waals surface area contributed by atoms with Gasteiger partial charge in [-0.3, -0.25) is 0 Å². The van der Waals surface area contributed by atoms with Crippen LogP contribution in [0.5, 0.6) is 0 Å². The van der Waals surface area contributed by atoms with E-state index in [4.69, 9.17) is 0 Å². The van der Waals surface area contributed by atoms with Gasteiger partial charge in [-0.2, -0.15) is 0 Å². The molecule has 2 N–H and O–H groups in total. The number of nitrogens with zero attached hydrogens (tertiary/aromatic N) is 1. The Morgan fingerprint density at radius 2 is 2.21 bits per heavy atom. The fourth-order valence-electron chi connectivity index (χ4n) is 1.68. The predicted molar refractivity (Wildman–Crippen MR) is 68.6 cm³/mol. The molecule has 0 fully saturated rings. The molecular weight excluding hydrogens is 269 g/mol. The van der Waals surface area contributed by atoms with Gasteiger partial charge in [-0.25, -0.2) is 22.5 Å². The van der Waals surface area contributed by atoms with Crippen molar-refractivity contribution in [2.45, 2.75) is 18.2 Å². The summed E-state index contributed by atoms with van der Waals surface area (Å²) in [7, 11) is -3.69. The van der Waals surface area contributed by atoms with Crippen molar-refractivity contribution in [2.75, 3.05) is 6.54 Å². The molecular formula is C12H14FN3O2S. The van der Waals surface area contributed by atoms with Gasteiger partial charge in [-0.05, 0) is 24.6 Å². The van der Waals surface area contributed by atoms with Crippen LogP contribution in [-0.4, -0.2) is 24.9 Å². The lowest BCUT2D eigenvalue weighted by Crippen LogP contribution is -2.26. The third kappa shape index (κ3) is 3.39. The molecule has 5 nitrogen and oxygen atoms in total. The first kappa shape index (κ1) is 13.7. The summed E-state index contributed by atoms with van der Waals surface area (Å²) >= 11 is 0. The molecule has 0 aliphatic carbocycles. The van der Waals surface area contributed by atoms with Crippen LogP contribution in [0.2, 0.25) is 0 Å². The van der Waals surface area contributed by atoms with Gasteiger partial charge in [-0.1, -0.05) is 6.07 Å². The summed E-state index contributed by atoms with van der Waals surface area (Å²) in [6.45, 7) is 1.85. The molecule has 2 rings (SSSR count). The summed E-state index contributed by atoms with van der Waals surface area (Å²) in [6, 6.07) is 3.70. The Hall–Kier alpha value is -1.73. The van der Waals surface area contributed by atoms with Crippen molar-refractivity contribution in [1.29, 1.82) is 0 Å². The van der Waals surface area contributed by atoms with E-state index < -0.39 is 15.8 Å². The molecule has 0 radical (unpaired) electrons. The monoisotopic (exact) mass is 283 g/mol. The molecule has 1 aromatic heterocycles. The van der Waals surface area contributed by atoms with E-state index >= 15 is 0 Å². The van der Waals surface area contributed by atoms with Crippen molar-refractivity contribution in [2.24, 2.45) is 0 Å². The van der Waals surface area contributed by atoms with Gasteiger partial charge in [0.2, 0.25) is 10.0 Å². The number of nitrogens with one attached hydrogen (secondary N) is 2. The number of rotatable bonds is 5. The van der Waals surface area contributed by atoms with Crippen molar-refractivity contribution in [3.63, 3.8) is 0 Å². The number of aromatic nitrogens is 2. The van der Waals surface area contributed by atoms with Gasteiger partial charge in [0.05, 0.1) is 11.2 Å². The summed E-state index contributed by atoms with van der Waals surface area (Å²) in [5.41, 5.74) is 1.34. The van der Waals surface area contributed by atoms with Crippen LogP contribution in [0, 0.1) is 12.7 Å². The van der Waals surface area contributed by atoms with E-state index in [9.17, 15) is 12.8 Å². The number of sulfonamides is 1. The van der Waals surface area contributed by atoms with Gasteiger partial charge >= 0.3 is 0 Å². The molecule has 0 saturated heterocycles. The largest absolute Gasteiger partial charge is 0.348 e. The molecule has 1 heterocycles. The highest BCUT2D eigenvalue weighted by Crippen LogP contribution is 2.16. The molecule has 0 spiro atoms. The minimum atomic E-state index is -3.69. The number of H-pyrrole nitrogens is 1. The Bertz CT molecular complexity index is 654. The highest BCUT2D eigenvalue weighted by atomic mass is 32.2. The van der Waals surface area contributed by atoms with Gasteiger partial charge in [0, 0.05) is 24.9 Å². The summed E-state index contributed by atoms with van der Waals surface area (Å²) in [4.78, 5) is 6.69. The summed E-state index contributed by atoms with van der Waals surface area (Å²) in [5.74, 6) is -0.570. The van der Waals surface area contributed by atoms with Crippen LogP contribution in [0.1, 0.15) is 11.3 Å². The maximum atomic E-state index is 13.1. The molecule has 0 saturated carbocycles. The number of aromatic amines is 1. The van der Waals surface area contributed by atoms with Crippen LogP contribution < -0.4 is 4.72 Å². The normalized spacial score (nSPS) is 11.7. The van der Waals surface area contributed by atoms with Crippen molar-refractivity contribution in [3.05, 3.63) is 47.8 Å². The number of benzene rings is 1. The molecule has 0 amide bonds. The summed E-state index contributed by atoms with van der Waals surface area (Å²) < 4.78 is 39.6. The second-order valence-electron chi connectivity index (χ2n) is 4.13. The van der Waals surface area contributed by atoms with Crippen LogP contribution in [-0.2, 0) is 16.4 Å². The Kier molecular flexibility index (Phi) is 3.96. The second kappa shape index (κ2) is 5.50. The third-order valence-electron chi connectivity index (χ3n) is 2.68. The molecule has 0 unspecified atom stereocenters. The minimum Gasteiger partial charge on any atom is -0.348 e. The molecule has 7 heteroatoms. The van der Waals surface area contributed by atoms with Crippen molar-refractivity contribution < 1.29 is 12.8 Å². The van der Waals surface area contributed by atoms with Gasteiger partial charge in [-0.15, -0.1) is 0 Å². The van der Waals surface area contributed by atoms with E-state index in [0.29, 0.717) is 12.0 Å². The number of hydrogen-bond donors (Lipinski definition) is 2. The van der Waals surface area contributed by atoms with Crippen LogP contribution in [0.3, 0.4) is 0 Å². The topological polar surface area (TPSA) is 74.8 Å². The van der Waals surface area contributed by atoms with E-state index in [1.54, 1.807) is 13.1 Å². The zero-order valence-corrected chi connectivity index (χ0v) is 11.2. The SMILES string of the molecule is Cc1ccc(F)cc1S(=O)(=O)NCCc1cnc[nH]1. The highest BCUT2D eigenvalue weighted by Gasteiger charge is 2.17. The standard InChI is InChI=1S/C12H14FN3O2S/c1-9-2-3-10(13)6-12(9)19(17,18)16-5-4-11-7-14-8-15-11/h2-3,6-8,16H,4-5H2,1H3,(H,14,15). The van der Waals surface area contributed by atoms with E-state index in [1.165, 1.54) is 18.5 Å². The number of aryl methyl sites for hydroxylation is 1. The molecule has 0 bridgehead atoms. The molecule has 2 aromatic rings. The molecule has 0 aliphatic rings. The lowest BCUT2D eigenvalue weighted by molar-refractivity contribution is 0.576. The molecule has 102 valence electrons. The smallest absolute Gasteiger partial charge is 0.240 e. The van der Waals surface area contributed by atoms with E-state index in [0.717, 1.165) is 11.8 Å². The fraction of sp³-hybridized carbons (Fsp3) is 0.250. The van der Waals surface area contributed by atoms with Gasteiger partial charge in [0.1, 0.15) is 5.82 Å². The Balaban J connectivity index is 2.07. The Labute approximate surface area is 110 Å². The molecule has 19 heavy (non-hydrogen) atoms. The van der Waals surface area contributed by atoms with Gasteiger partial charge in [0.15, 0.2) is 0 Å². The van der Waals surface area contributed by atoms with Crippen LogP contribution in [0.4, 0.5) is 4.39 Å². The quantitative estimate of drug-likeness (QED) is 0.870. The van der Waals surface area contributed by atoms with Crippen LogP contribution in [0.15, 0.2) is 35.6 Å². The lowest BCUT2D eigenvalue weighted by atomic mass is 10.2. The maximum Gasteiger partial charge on any atom is 0.240 e. The first-order valence-electron chi connectivity index (χ1n) is 5.72. The van der Waals surface area contributed by atoms with Crippen molar-refractivity contribution in [1.82, 2.24) is 14.7 Å². The molecule has 0 atom stereocenters. The second-order valence-corrected chi connectivity index (χ2v) is 5.87. The number of imidazole rings is 1. The zero-order chi connectivity index (χ0) is 13.9. The summed E-state index contributed by atoms with van der Waals surface area (Å²) in [5, 5.41) is 0. The molecule has 0 aliphatic heterocycles. The maximum absolute atomic E-state index is 13.1. The Morgan fingerprint density at radius 3 is 2.89 bits per heavy atom. The average molecular weight is 283 g/mol. The van der Waals surface area contributed by atoms with E-state index in [1.807, 2.05) is 0 Å². The first-order chi connectivity index (χ1) is 8.99. The molecule has 1 aromatic carbocycles. The predicted octanol–water partition coefficient (Wildman–Crippen LogP) is 1.38. The van der Waals surface area contributed by atoms with E-state index in [-0.39, 0.29) is 11.4 Å². The highest BCUT2D eigenvalue weighted by molar-refractivity contribution is 7.89. The third-order valence-corrected chi connectivity index (χ3v) is 4.28. The summed E-state index contributed by atoms with van der Waals surface area (Å²) in [6.07, 6.45) is 3.65. The fourth-order valence-corrected chi connectivity index (χ4v) is 2.97. The zero-order valence-electron chi connectivity index (χ0n) is 10.4. The number of hydrogen-bond acceptors (Lipinski definition) is 3. The number of halogens is 1. The van der Waals surface area contributed by atoms with Crippen LogP contribution >= 0.6 is 0 Å². The van der Waals surface area contributed by atoms with Crippen LogP contribution in [0.25, 0.3) is 0 Å². The average Bonchev–Trinajstić information content (AvgIpc) is 2.85. The van der Waals surface area contributed by atoms with E-state index in [2.05, 4.69) is 14.7 Å². The first-order valence-corrected chi connectivity index (χ1v) is 7.20. The van der Waals surface area contributed by atoms with Crippen molar-refractivity contribution >= 4 is 10.0 Å². The lowest BCUT2D eigenvalue weighted by Gasteiger charge is -2.08. The van der Waals surface area contributed by atoms with Gasteiger partial charge in [0.25, 0.3) is 0 Å². The van der Waals surface area contributed by atoms with Crippen molar-refractivity contribution in [3.8, 4) is 0 Å².